The summed E-state index contributed by atoms with van der Waals surface area (Å²) in [4.78, 5) is 0.610. The van der Waals surface area contributed by atoms with Crippen molar-refractivity contribution in [3.05, 3.63) is 23.8 Å². The van der Waals surface area contributed by atoms with E-state index < -0.39 is 17.8 Å². The van der Waals surface area contributed by atoms with Gasteiger partial charge in [-0.05, 0) is 31.5 Å². The number of nitrogens with two attached hydrogens (primary N) is 1. The van der Waals surface area contributed by atoms with Crippen LogP contribution >= 0.6 is 11.8 Å². The monoisotopic (exact) mass is 265 g/mol. The van der Waals surface area contributed by atoms with Gasteiger partial charge in [-0.15, -0.1) is 11.8 Å². The molecule has 0 saturated heterocycles. The van der Waals surface area contributed by atoms with Gasteiger partial charge < -0.3 is 10.8 Å². The van der Waals surface area contributed by atoms with Crippen LogP contribution in [-0.2, 0) is 6.18 Å². The van der Waals surface area contributed by atoms with E-state index >= 15 is 0 Å². The molecule has 0 aliphatic rings. The molecule has 6 heteroatoms. The lowest BCUT2D eigenvalue weighted by molar-refractivity contribution is -0.137. The first-order valence-electron chi connectivity index (χ1n) is 5.08. The number of anilines is 1. The third-order valence-electron chi connectivity index (χ3n) is 2.13. The lowest BCUT2D eigenvalue weighted by Crippen LogP contribution is -2.06. The number of aliphatic hydroxyl groups is 1. The molecule has 17 heavy (non-hydrogen) atoms. The van der Waals surface area contributed by atoms with E-state index in [9.17, 15) is 13.2 Å². The number of hydrogen-bond donors (Lipinski definition) is 2. The Balaban J connectivity index is 2.70. The predicted molar refractivity (Wildman–Crippen MR) is 62.9 cm³/mol. The second-order valence-corrected chi connectivity index (χ2v) is 4.87. The molecule has 0 aliphatic heterocycles. The Morgan fingerprint density at radius 2 is 2.06 bits per heavy atom. The molecule has 0 saturated carbocycles. The highest BCUT2D eigenvalue weighted by atomic mass is 32.2. The Kier molecular flexibility index (Phi) is 4.70. The maximum absolute atomic E-state index is 12.4. The van der Waals surface area contributed by atoms with Gasteiger partial charge >= 0.3 is 6.18 Å². The molecule has 1 unspecified atom stereocenters. The van der Waals surface area contributed by atoms with Crippen LogP contribution in [0.15, 0.2) is 23.1 Å². The van der Waals surface area contributed by atoms with Crippen LogP contribution in [0.1, 0.15) is 18.9 Å². The van der Waals surface area contributed by atoms with Crippen LogP contribution in [0.5, 0.6) is 0 Å². The molecular weight excluding hydrogens is 251 g/mol. The second-order valence-electron chi connectivity index (χ2n) is 3.74. The quantitative estimate of drug-likeness (QED) is 0.649. The number of nitrogen functional groups attached to an aromatic ring is 1. The molecule has 0 fully saturated rings. The van der Waals surface area contributed by atoms with Gasteiger partial charge in [0.15, 0.2) is 0 Å². The third-order valence-corrected chi connectivity index (χ3v) is 3.25. The van der Waals surface area contributed by atoms with Gasteiger partial charge in [0.05, 0.1) is 11.7 Å². The molecule has 96 valence electrons. The van der Waals surface area contributed by atoms with Gasteiger partial charge in [0.25, 0.3) is 0 Å². The summed E-state index contributed by atoms with van der Waals surface area (Å²) >= 11 is 1.34. The minimum atomic E-state index is -4.36. The largest absolute Gasteiger partial charge is 0.416 e. The van der Waals surface area contributed by atoms with Crippen LogP contribution in [0.2, 0.25) is 0 Å². The molecule has 1 atom stereocenters. The third kappa shape index (κ3) is 4.47. The Labute approximate surface area is 102 Å². The molecule has 2 nitrogen and oxygen atoms in total. The van der Waals surface area contributed by atoms with E-state index in [-0.39, 0.29) is 5.69 Å². The molecule has 0 spiro atoms. The van der Waals surface area contributed by atoms with Crippen LogP contribution < -0.4 is 5.73 Å². The van der Waals surface area contributed by atoms with Crippen molar-refractivity contribution in [2.45, 2.75) is 30.5 Å². The fourth-order valence-electron chi connectivity index (χ4n) is 1.20. The fraction of sp³-hybridized carbons (Fsp3) is 0.455. The summed E-state index contributed by atoms with van der Waals surface area (Å²) < 4.78 is 37.1. The zero-order valence-corrected chi connectivity index (χ0v) is 10.1. The van der Waals surface area contributed by atoms with E-state index in [1.54, 1.807) is 6.92 Å². The van der Waals surface area contributed by atoms with Crippen molar-refractivity contribution >= 4 is 17.4 Å². The highest BCUT2D eigenvalue weighted by Gasteiger charge is 2.30. The maximum Gasteiger partial charge on any atom is 0.416 e. The van der Waals surface area contributed by atoms with E-state index in [1.807, 2.05) is 0 Å². The summed E-state index contributed by atoms with van der Waals surface area (Å²) in [6.45, 7) is 1.66. The highest BCUT2D eigenvalue weighted by Crippen LogP contribution is 2.34. The smallest absolute Gasteiger partial charge is 0.398 e. The summed E-state index contributed by atoms with van der Waals surface area (Å²) in [5, 5.41) is 9.06. The molecule has 0 aromatic heterocycles. The van der Waals surface area contributed by atoms with Crippen LogP contribution in [0.4, 0.5) is 18.9 Å². The van der Waals surface area contributed by atoms with Crippen molar-refractivity contribution in [1.29, 1.82) is 0 Å². The molecule has 1 aromatic carbocycles. The average molecular weight is 265 g/mol. The molecule has 1 aromatic rings. The van der Waals surface area contributed by atoms with Gasteiger partial charge in [-0.25, -0.2) is 0 Å². The fourth-order valence-corrected chi connectivity index (χ4v) is 2.26. The van der Waals surface area contributed by atoms with Crippen LogP contribution in [0.25, 0.3) is 0 Å². The van der Waals surface area contributed by atoms with E-state index in [0.717, 1.165) is 12.1 Å². The summed E-state index contributed by atoms with van der Waals surface area (Å²) in [5.74, 6) is 0.618. The molecule has 1 rings (SSSR count). The van der Waals surface area contributed by atoms with Gasteiger partial charge in [-0.2, -0.15) is 13.2 Å². The lowest BCUT2D eigenvalue weighted by atomic mass is 10.2. The molecule has 0 amide bonds. The van der Waals surface area contributed by atoms with Crippen LogP contribution in [0, 0.1) is 0 Å². The van der Waals surface area contributed by atoms with Gasteiger partial charge in [0, 0.05) is 16.3 Å². The van der Waals surface area contributed by atoms with Crippen molar-refractivity contribution in [3.63, 3.8) is 0 Å². The van der Waals surface area contributed by atoms with Gasteiger partial charge in [0.1, 0.15) is 0 Å². The van der Waals surface area contributed by atoms with E-state index in [2.05, 4.69) is 0 Å². The first kappa shape index (κ1) is 14.2. The number of thioether (sulfide) groups is 1. The van der Waals surface area contributed by atoms with E-state index in [4.69, 9.17) is 10.8 Å². The Morgan fingerprint density at radius 1 is 1.41 bits per heavy atom. The lowest BCUT2D eigenvalue weighted by Gasteiger charge is -2.10. The number of aliphatic hydroxyl groups excluding tert-OH is 1. The Hall–Kier alpha value is -0.880. The van der Waals surface area contributed by atoms with Crippen LogP contribution in [0.3, 0.4) is 0 Å². The molecular formula is C11H14F3NOS. The molecule has 0 radical (unpaired) electrons. The maximum atomic E-state index is 12.4. The topological polar surface area (TPSA) is 46.2 Å². The van der Waals surface area contributed by atoms with Gasteiger partial charge in [-0.1, -0.05) is 0 Å². The minimum absolute atomic E-state index is 0.121. The molecule has 0 aliphatic carbocycles. The van der Waals surface area contributed by atoms with Crippen molar-refractivity contribution in [2.24, 2.45) is 0 Å². The SMILES string of the molecule is CC(O)CCSc1ccc(C(F)(F)F)cc1N. The zero-order chi connectivity index (χ0) is 13.1. The zero-order valence-electron chi connectivity index (χ0n) is 9.29. The summed E-state index contributed by atoms with van der Waals surface area (Å²) in [5.41, 5.74) is 4.93. The normalized spacial score (nSPS) is 13.7. The second kappa shape index (κ2) is 5.64. The van der Waals surface area contributed by atoms with Crippen molar-refractivity contribution in [3.8, 4) is 0 Å². The minimum Gasteiger partial charge on any atom is -0.398 e. The number of hydrogen-bond acceptors (Lipinski definition) is 3. The Morgan fingerprint density at radius 3 is 2.53 bits per heavy atom. The first-order chi connectivity index (χ1) is 7.80. The van der Waals surface area contributed by atoms with E-state index in [0.29, 0.717) is 17.1 Å². The highest BCUT2D eigenvalue weighted by molar-refractivity contribution is 7.99. The Bertz CT molecular complexity index is 379. The summed E-state index contributed by atoms with van der Waals surface area (Å²) in [6.07, 6.45) is -4.21. The summed E-state index contributed by atoms with van der Waals surface area (Å²) in [7, 11) is 0. The molecule has 3 N–H and O–H groups in total. The average Bonchev–Trinajstić information content (AvgIpc) is 2.18. The van der Waals surface area contributed by atoms with E-state index in [1.165, 1.54) is 17.8 Å². The van der Waals surface area contributed by atoms with Crippen LogP contribution in [-0.4, -0.2) is 17.0 Å². The van der Waals surface area contributed by atoms with Crippen molar-refractivity contribution in [1.82, 2.24) is 0 Å². The van der Waals surface area contributed by atoms with Crippen molar-refractivity contribution < 1.29 is 18.3 Å². The molecule has 0 bridgehead atoms. The van der Waals surface area contributed by atoms with Gasteiger partial charge in [0.2, 0.25) is 0 Å². The number of benzene rings is 1. The van der Waals surface area contributed by atoms with Crippen molar-refractivity contribution in [2.75, 3.05) is 11.5 Å². The molecule has 0 heterocycles. The first-order valence-corrected chi connectivity index (χ1v) is 6.07. The predicted octanol–water partition coefficient (Wildman–Crippen LogP) is 3.15. The standard InChI is InChI=1S/C11H14F3NOS/c1-7(16)4-5-17-10-3-2-8(6-9(10)15)11(12,13)14/h2-3,6-7,16H,4-5,15H2,1H3. The number of alkyl halides is 3. The van der Waals surface area contributed by atoms with Gasteiger partial charge in [-0.3, -0.25) is 0 Å². The number of halogens is 3. The summed E-state index contributed by atoms with van der Waals surface area (Å²) in [6, 6.07) is 3.32. The number of rotatable bonds is 4.